The molecule has 0 heterocycles. The molecule has 0 saturated heterocycles. The molecule has 2 rings (SSSR count). The van der Waals surface area contributed by atoms with Crippen LogP contribution in [0.25, 0.3) is 0 Å². The van der Waals surface area contributed by atoms with Crippen LogP contribution < -0.4 is 5.32 Å². The van der Waals surface area contributed by atoms with Gasteiger partial charge in [-0.2, -0.15) is 0 Å². The first-order chi connectivity index (χ1) is 8.63. The lowest BCUT2D eigenvalue weighted by Gasteiger charge is -2.19. The molecule has 0 radical (unpaired) electrons. The fourth-order valence-electron chi connectivity index (χ4n) is 2.54. The Balaban J connectivity index is 2.10. The van der Waals surface area contributed by atoms with Gasteiger partial charge < -0.3 is 10.4 Å². The van der Waals surface area contributed by atoms with Gasteiger partial charge in [-0.1, -0.05) is 28.4 Å². The number of aliphatic hydroxyl groups is 1. The Hall–Kier alpha value is -0.870. The molecular weight excluding hydrogens is 294 g/mol. The molecule has 0 bridgehead atoms. The largest absolute Gasteiger partial charge is 0.396 e. The van der Waals surface area contributed by atoms with Crippen LogP contribution in [-0.4, -0.2) is 23.7 Å². The fraction of sp³-hybridized carbons (Fsp3) is 0.500. The number of halogens is 1. The van der Waals surface area contributed by atoms with Crippen LogP contribution >= 0.6 is 15.9 Å². The van der Waals surface area contributed by atoms with Crippen molar-refractivity contribution < 1.29 is 9.90 Å². The Morgan fingerprint density at radius 3 is 3.00 bits per heavy atom. The summed E-state index contributed by atoms with van der Waals surface area (Å²) < 4.78 is 0.945. The predicted molar refractivity (Wildman–Crippen MR) is 74.6 cm³/mol. The minimum atomic E-state index is -0.0425. The van der Waals surface area contributed by atoms with Crippen molar-refractivity contribution >= 4 is 21.8 Å². The highest BCUT2D eigenvalue weighted by atomic mass is 79.9. The number of carbonyl (C=O) groups is 1. The van der Waals surface area contributed by atoms with Crippen molar-refractivity contribution in [2.24, 2.45) is 5.92 Å². The second kappa shape index (κ2) is 5.85. The highest BCUT2D eigenvalue weighted by molar-refractivity contribution is 9.10. The van der Waals surface area contributed by atoms with Gasteiger partial charge in [0.1, 0.15) is 0 Å². The zero-order chi connectivity index (χ0) is 13.1. The number of rotatable bonds is 3. The van der Waals surface area contributed by atoms with Gasteiger partial charge in [0.2, 0.25) is 0 Å². The first-order valence-electron chi connectivity index (χ1n) is 6.30. The normalized spacial score (nSPS) is 23.1. The predicted octanol–water partition coefficient (Wildman–Crippen LogP) is 2.65. The van der Waals surface area contributed by atoms with Gasteiger partial charge in [-0.15, -0.1) is 0 Å². The number of carbonyl (C=O) groups excluding carboxylic acids is 1. The summed E-state index contributed by atoms with van der Waals surface area (Å²) in [5.74, 6) is 0.167. The molecule has 98 valence electrons. The number of benzene rings is 1. The van der Waals surface area contributed by atoms with Crippen molar-refractivity contribution in [3.05, 3.63) is 33.8 Å². The smallest absolute Gasteiger partial charge is 0.251 e. The average Bonchev–Trinajstić information content (AvgIpc) is 2.79. The highest BCUT2D eigenvalue weighted by Gasteiger charge is 2.28. The second-order valence-corrected chi connectivity index (χ2v) is 5.72. The average molecular weight is 312 g/mol. The Bertz CT molecular complexity index is 447. The molecule has 0 aromatic heterocycles. The molecule has 3 nitrogen and oxygen atoms in total. The van der Waals surface area contributed by atoms with Gasteiger partial charge in [-0.25, -0.2) is 0 Å². The van der Waals surface area contributed by atoms with Crippen LogP contribution in [0.1, 0.15) is 35.2 Å². The summed E-state index contributed by atoms with van der Waals surface area (Å²) in [6, 6.07) is 5.74. The van der Waals surface area contributed by atoms with Gasteiger partial charge in [0.05, 0.1) is 0 Å². The molecule has 0 spiro atoms. The van der Waals surface area contributed by atoms with Crippen LogP contribution in [0.15, 0.2) is 22.7 Å². The zero-order valence-electron chi connectivity index (χ0n) is 10.4. The molecule has 1 aliphatic rings. The SMILES string of the molecule is Cc1c(Br)cccc1C(=O)NC1CCCC1CO. The Morgan fingerprint density at radius 1 is 1.50 bits per heavy atom. The lowest BCUT2D eigenvalue weighted by atomic mass is 10.0. The third-order valence-corrected chi connectivity index (χ3v) is 4.58. The minimum Gasteiger partial charge on any atom is -0.396 e. The number of aliphatic hydroxyl groups excluding tert-OH is 1. The van der Waals surface area contributed by atoms with E-state index in [0.29, 0.717) is 5.56 Å². The molecule has 4 heteroatoms. The molecule has 2 atom stereocenters. The van der Waals surface area contributed by atoms with Crippen molar-refractivity contribution in [3.8, 4) is 0 Å². The maximum absolute atomic E-state index is 12.2. The van der Waals surface area contributed by atoms with E-state index in [1.165, 1.54) is 0 Å². The van der Waals surface area contributed by atoms with Crippen molar-refractivity contribution in [1.82, 2.24) is 5.32 Å². The Morgan fingerprint density at radius 2 is 2.28 bits per heavy atom. The van der Waals surface area contributed by atoms with Gasteiger partial charge in [0.15, 0.2) is 0 Å². The summed E-state index contributed by atoms with van der Waals surface area (Å²) in [5, 5.41) is 12.3. The Kier molecular flexibility index (Phi) is 4.40. The molecule has 1 aromatic carbocycles. The molecule has 1 fully saturated rings. The zero-order valence-corrected chi connectivity index (χ0v) is 12.0. The van der Waals surface area contributed by atoms with Crippen LogP contribution in [0.5, 0.6) is 0 Å². The van der Waals surface area contributed by atoms with Crippen molar-refractivity contribution in [1.29, 1.82) is 0 Å². The standard InChI is InChI=1S/C14H18BrNO2/c1-9-11(5-3-6-12(9)15)14(18)16-13-7-2-4-10(13)8-17/h3,5-6,10,13,17H,2,4,7-8H2,1H3,(H,16,18). The summed E-state index contributed by atoms with van der Waals surface area (Å²) >= 11 is 3.43. The van der Waals surface area contributed by atoms with Crippen molar-refractivity contribution in [2.75, 3.05) is 6.61 Å². The molecule has 1 saturated carbocycles. The van der Waals surface area contributed by atoms with E-state index in [2.05, 4.69) is 21.2 Å². The molecule has 0 aliphatic heterocycles. The minimum absolute atomic E-state index is 0.0425. The molecule has 1 aromatic rings. The monoisotopic (exact) mass is 311 g/mol. The summed E-state index contributed by atoms with van der Waals surface area (Å²) in [7, 11) is 0. The quantitative estimate of drug-likeness (QED) is 0.901. The maximum atomic E-state index is 12.2. The van der Waals surface area contributed by atoms with E-state index in [4.69, 9.17) is 0 Å². The first kappa shape index (κ1) is 13.6. The van der Waals surface area contributed by atoms with E-state index in [1.54, 1.807) is 0 Å². The third-order valence-electron chi connectivity index (χ3n) is 3.72. The van der Waals surface area contributed by atoms with E-state index in [-0.39, 0.29) is 24.5 Å². The van der Waals surface area contributed by atoms with E-state index < -0.39 is 0 Å². The van der Waals surface area contributed by atoms with Crippen molar-refractivity contribution in [2.45, 2.75) is 32.2 Å². The first-order valence-corrected chi connectivity index (χ1v) is 7.09. The molecule has 1 amide bonds. The highest BCUT2D eigenvalue weighted by Crippen LogP contribution is 2.26. The lowest BCUT2D eigenvalue weighted by molar-refractivity contribution is 0.0915. The molecule has 2 N–H and O–H groups in total. The number of hydrogen-bond donors (Lipinski definition) is 2. The van der Waals surface area contributed by atoms with Crippen LogP contribution in [0.4, 0.5) is 0 Å². The topological polar surface area (TPSA) is 49.3 Å². The number of amides is 1. The number of hydrogen-bond acceptors (Lipinski definition) is 2. The Labute approximate surface area is 116 Å². The lowest BCUT2D eigenvalue weighted by Crippen LogP contribution is -2.38. The van der Waals surface area contributed by atoms with Crippen LogP contribution in [0.3, 0.4) is 0 Å². The molecule has 2 unspecified atom stereocenters. The molecular formula is C14H18BrNO2. The van der Waals surface area contributed by atoms with Gasteiger partial charge in [-0.05, 0) is 37.5 Å². The van der Waals surface area contributed by atoms with E-state index in [1.807, 2.05) is 25.1 Å². The van der Waals surface area contributed by atoms with Gasteiger partial charge >= 0.3 is 0 Å². The van der Waals surface area contributed by atoms with E-state index >= 15 is 0 Å². The van der Waals surface area contributed by atoms with Gasteiger partial charge in [0, 0.05) is 28.6 Å². The van der Waals surface area contributed by atoms with Gasteiger partial charge in [-0.3, -0.25) is 4.79 Å². The summed E-state index contributed by atoms with van der Waals surface area (Å²) in [6.07, 6.45) is 3.04. The van der Waals surface area contributed by atoms with Crippen LogP contribution in [-0.2, 0) is 0 Å². The van der Waals surface area contributed by atoms with E-state index in [9.17, 15) is 9.90 Å². The number of nitrogens with one attached hydrogen (secondary N) is 1. The van der Waals surface area contributed by atoms with Gasteiger partial charge in [0.25, 0.3) is 5.91 Å². The summed E-state index contributed by atoms with van der Waals surface area (Å²) in [6.45, 7) is 2.08. The molecule has 1 aliphatic carbocycles. The second-order valence-electron chi connectivity index (χ2n) is 4.87. The summed E-state index contributed by atoms with van der Waals surface area (Å²) in [4.78, 5) is 12.2. The fourth-order valence-corrected chi connectivity index (χ4v) is 2.91. The van der Waals surface area contributed by atoms with Crippen LogP contribution in [0.2, 0.25) is 0 Å². The van der Waals surface area contributed by atoms with E-state index in [0.717, 1.165) is 29.3 Å². The third kappa shape index (κ3) is 2.75. The molecule has 18 heavy (non-hydrogen) atoms. The summed E-state index contributed by atoms with van der Waals surface area (Å²) in [5.41, 5.74) is 1.65. The van der Waals surface area contributed by atoms with Crippen molar-refractivity contribution in [3.63, 3.8) is 0 Å². The maximum Gasteiger partial charge on any atom is 0.251 e. The van der Waals surface area contributed by atoms with Crippen LogP contribution in [0, 0.1) is 12.8 Å².